The number of rotatable bonds is 9. The van der Waals surface area contributed by atoms with Crippen molar-refractivity contribution in [1.82, 2.24) is 5.32 Å². The molecule has 5 nitrogen and oxygen atoms in total. The summed E-state index contributed by atoms with van der Waals surface area (Å²) in [5.41, 5.74) is 1.59. The lowest BCUT2D eigenvalue weighted by Crippen LogP contribution is -2.19. The molecule has 0 fully saturated rings. The average Bonchev–Trinajstić information content (AvgIpc) is 2.50. The van der Waals surface area contributed by atoms with E-state index in [1.807, 2.05) is 19.1 Å². The minimum Gasteiger partial charge on any atom is -0.493 e. The number of hydrogen-bond acceptors (Lipinski definition) is 4. The zero-order valence-electron chi connectivity index (χ0n) is 13.6. The van der Waals surface area contributed by atoms with E-state index < -0.39 is 0 Å². The molecule has 22 heavy (non-hydrogen) atoms. The average molecular weight is 307 g/mol. The van der Waals surface area contributed by atoms with E-state index in [4.69, 9.17) is 9.47 Å². The van der Waals surface area contributed by atoms with Crippen molar-refractivity contribution in [3.8, 4) is 5.75 Å². The second kappa shape index (κ2) is 9.82. The number of nitrogens with one attached hydrogen (secondary N) is 1. The van der Waals surface area contributed by atoms with E-state index in [-0.39, 0.29) is 11.9 Å². The molecule has 0 saturated carbocycles. The summed E-state index contributed by atoms with van der Waals surface area (Å²) in [6, 6.07) is 5.52. The van der Waals surface area contributed by atoms with Gasteiger partial charge in [0.05, 0.1) is 18.8 Å². The third kappa shape index (κ3) is 6.16. The molecule has 0 spiro atoms. The molecule has 0 aliphatic heterocycles. The van der Waals surface area contributed by atoms with Crippen LogP contribution in [0.25, 0.3) is 0 Å². The maximum atomic E-state index is 11.8. The minimum absolute atomic E-state index is 0.149. The standard InChI is InChI=1S/C17H25NO4/c1-4-21-16(19)8-6-5-7-11-22-15-12-13(2)9-10-14(15)17(20)18-3/h9-10,12H,4-8,11H2,1-3H3,(H,18,20). The predicted octanol–water partition coefficient (Wildman–Crippen LogP) is 2.86. The molecule has 122 valence electrons. The Morgan fingerprint density at radius 2 is 1.95 bits per heavy atom. The van der Waals surface area contributed by atoms with Gasteiger partial charge in [-0.15, -0.1) is 0 Å². The predicted molar refractivity (Wildman–Crippen MR) is 85.2 cm³/mol. The summed E-state index contributed by atoms with van der Waals surface area (Å²) < 4.78 is 10.6. The van der Waals surface area contributed by atoms with Gasteiger partial charge in [-0.1, -0.05) is 6.07 Å². The molecule has 1 amide bonds. The minimum atomic E-state index is -0.155. The van der Waals surface area contributed by atoms with E-state index in [0.717, 1.165) is 24.8 Å². The molecule has 0 atom stereocenters. The van der Waals surface area contributed by atoms with Crippen LogP contribution >= 0.6 is 0 Å². The van der Waals surface area contributed by atoms with Crippen LogP contribution in [0.2, 0.25) is 0 Å². The number of amides is 1. The Morgan fingerprint density at radius 3 is 2.64 bits per heavy atom. The molecule has 0 aliphatic carbocycles. The van der Waals surface area contributed by atoms with E-state index in [0.29, 0.717) is 30.9 Å². The van der Waals surface area contributed by atoms with Gasteiger partial charge in [-0.05, 0) is 50.8 Å². The van der Waals surface area contributed by atoms with Gasteiger partial charge in [-0.3, -0.25) is 9.59 Å². The van der Waals surface area contributed by atoms with E-state index in [2.05, 4.69) is 5.32 Å². The third-order valence-electron chi connectivity index (χ3n) is 3.20. The summed E-state index contributed by atoms with van der Waals surface area (Å²) in [6.07, 6.45) is 2.96. The highest BCUT2D eigenvalue weighted by atomic mass is 16.5. The first-order valence-electron chi connectivity index (χ1n) is 7.69. The fourth-order valence-electron chi connectivity index (χ4n) is 2.03. The van der Waals surface area contributed by atoms with Crippen LogP contribution in [0.4, 0.5) is 0 Å². The summed E-state index contributed by atoms with van der Waals surface area (Å²) in [6.45, 7) is 4.71. The smallest absolute Gasteiger partial charge is 0.305 e. The zero-order chi connectivity index (χ0) is 16.4. The van der Waals surface area contributed by atoms with Gasteiger partial charge in [0, 0.05) is 13.5 Å². The lowest BCUT2D eigenvalue weighted by Gasteiger charge is -2.11. The van der Waals surface area contributed by atoms with Gasteiger partial charge in [0.25, 0.3) is 5.91 Å². The van der Waals surface area contributed by atoms with Gasteiger partial charge >= 0.3 is 5.97 Å². The van der Waals surface area contributed by atoms with Crippen LogP contribution in [0.15, 0.2) is 18.2 Å². The highest BCUT2D eigenvalue weighted by molar-refractivity contribution is 5.96. The molecule has 1 aromatic rings. The van der Waals surface area contributed by atoms with E-state index >= 15 is 0 Å². The summed E-state index contributed by atoms with van der Waals surface area (Å²) >= 11 is 0. The van der Waals surface area contributed by atoms with Gasteiger partial charge in [0.2, 0.25) is 0 Å². The first-order valence-corrected chi connectivity index (χ1v) is 7.69. The molecular formula is C17H25NO4. The van der Waals surface area contributed by atoms with Crippen LogP contribution < -0.4 is 10.1 Å². The molecule has 0 radical (unpaired) electrons. The Kier molecular flexibility index (Phi) is 8.04. The zero-order valence-corrected chi connectivity index (χ0v) is 13.6. The van der Waals surface area contributed by atoms with Crippen LogP contribution in [0.1, 0.15) is 48.5 Å². The van der Waals surface area contributed by atoms with Crippen molar-refractivity contribution in [2.24, 2.45) is 0 Å². The van der Waals surface area contributed by atoms with Crippen LogP contribution in [-0.2, 0) is 9.53 Å². The van der Waals surface area contributed by atoms with Crippen LogP contribution in [0.3, 0.4) is 0 Å². The highest BCUT2D eigenvalue weighted by Crippen LogP contribution is 2.20. The first kappa shape index (κ1) is 18.0. The van der Waals surface area contributed by atoms with Crippen LogP contribution in [-0.4, -0.2) is 32.1 Å². The topological polar surface area (TPSA) is 64.6 Å². The summed E-state index contributed by atoms with van der Waals surface area (Å²) in [4.78, 5) is 23.0. The number of benzene rings is 1. The summed E-state index contributed by atoms with van der Waals surface area (Å²) in [5.74, 6) is 0.297. The van der Waals surface area contributed by atoms with Crippen molar-refractivity contribution in [3.63, 3.8) is 0 Å². The Morgan fingerprint density at radius 1 is 1.18 bits per heavy atom. The number of carbonyl (C=O) groups is 2. The molecule has 0 saturated heterocycles. The van der Waals surface area contributed by atoms with Crippen molar-refractivity contribution >= 4 is 11.9 Å². The molecule has 0 heterocycles. The lowest BCUT2D eigenvalue weighted by molar-refractivity contribution is -0.143. The van der Waals surface area contributed by atoms with Crippen molar-refractivity contribution in [1.29, 1.82) is 0 Å². The van der Waals surface area contributed by atoms with Crippen molar-refractivity contribution in [2.75, 3.05) is 20.3 Å². The van der Waals surface area contributed by atoms with Crippen molar-refractivity contribution < 1.29 is 19.1 Å². The molecule has 1 N–H and O–H groups in total. The third-order valence-corrected chi connectivity index (χ3v) is 3.20. The highest BCUT2D eigenvalue weighted by Gasteiger charge is 2.11. The van der Waals surface area contributed by atoms with Gasteiger partial charge < -0.3 is 14.8 Å². The number of esters is 1. The monoisotopic (exact) mass is 307 g/mol. The number of unbranched alkanes of at least 4 members (excludes halogenated alkanes) is 2. The number of carbonyl (C=O) groups excluding carboxylic acids is 2. The largest absolute Gasteiger partial charge is 0.493 e. The molecule has 5 heteroatoms. The Labute approximate surface area is 132 Å². The second-order valence-electron chi connectivity index (χ2n) is 5.04. The summed E-state index contributed by atoms with van der Waals surface area (Å²) in [7, 11) is 1.60. The molecule has 0 bridgehead atoms. The van der Waals surface area contributed by atoms with Gasteiger partial charge in [-0.2, -0.15) is 0 Å². The lowest BCUT2D eigenvalue weighted by atomic mass is 10.1. The van der Waals surface area contributed by atoms with Crippen LogP contribution in [0.5, 0.6) is 5.75 Å². The number of ether oxygens (including phenoxy) is 2. The Balaban J connectivity index is 2.37. The number of aryl methyl sites for hydroxylation is 1. The van der Waals surface area contributed by atoms with Crippen molar-refractivity contribution in [2.45, 2.75) is 39.5 Å². The van der Waals surface area contributed by atoms with Gasteiger partial charge in [-0.25, -0.2) is 0 Å². The number of hydrogen-bond donors (Lipinski definition) is 1. The molecule has 0 aromatic heterocycles. The normalized spacial score (nSPS) is 10.1. The summed E-state index contributed by atoms with van der Waals surface area (Å²) in [5, 5.41) is 2.61. The van der Waals surface area contributed by atoms with Crippen molar-refractivity contribution in [3.05, 3.63) is 29.3 Å². The van der Waals surface area contributed by atoms with E-state index in [1.165, 1.54) is 0 Å². The van der Waals surface area contributed by atoms with E-state index in [9.17, 15) is 9.59 Å². The maximum Gasteiger partial charge on any atom is 0.305 e. The molecule has 0 aliphatic rings. The maximum absolute atomic E-state index is 11.8. The molecule has 1 rings (SSSR count). The Hall–Kier alpha value is -2.04. The first-order chi connectivity index (χ1) is 10.6. The van der Waals surface area contributed by atoms with Gasteiger partial charge in [0.15, 0.2) is 0 Å². The Bertz CT molecular complexity index is 499. The fraction of sp³-hybridized carbons (Fsp3) is 0.529. The molecule has 0 unspecified atom stereocenters. The van der Waals surface area contributed by atoms with E-state index in [1.54, 1.807) is 20.0 Å². The van der Waals surface area contributed by atoms with Gasteiger partial charge in [0.1, 0.15) is 5.75 Å². The quantitative estimate of drug-likeness (QED) is 0.563. The SMILES string of the molecule is CCOC(=O)CCCCCOc1cc(C)ccc1C(=O)NC. The molecule has 1 aromatic carbocycles. The second-order valence-corrected chi connectivity index (χ2v) is 5.04. The van der Waals surface area contributed by atoms with Crippen LogP contribution in [0, 0.1) is 6.92 Å². The fourth-order valence-corrected chi connectivity index (χ4v) is 2.03. The molecular weight excluding hydrogens is 282 g/mol.